The zero-order valence-electron chi connectivity index (χ0n) is 11.6. The van der Waals surface area contributed by atoms with E-state index in [9.17, 15) is 9.59 Å². The van der Waals surface area contributed by atoms with Gasteiger partial charge in [0.25, 0.3) is 5.91 Å². The minimum absolute atomic E-state index is 0.211. The first kappa shape index (κ1) is 15.1. The molecule has 5 nitrogen and oxygen atoms in total. The van der Waals surface area contributed by atoms with Gasteiger partial charge in [-0.05, 0) is 49.7 Å². The fraction of sp³-hybridized carbons (Fsp3) is 0.133. The van der Waals surface area contributed by atoms with Gasteiger partial charge in [0.05, 0.1) is 11.1 Å². The van der Waals surface area contributed by atoms with E-state index in [2.05, 4.69) is 4.98 Å². The van der Waals surface area contributed by atoms with E-state index >= 15 is 0 Å². The molecule has 0 unspecified atom stereocenters. The van der Waals surface area contributed by atoms with Crippen LogP contribution in [-0.2, 0) is 0 Å². The van der Waals surface area contributed by atoms with E-state index in [4.69, 9.17) is 10.8 Å². The fourth-order valence-electron chi connectivity index (χ4n) is 1.95. The second kappa shape index (κ2) is 5.97. The van der Waals surface area contributed by atoms with Crippen molar-refractivity contribution in [2.24, 2.45) is 5.73 Å². The molecule has 3 N–H and O–H groups in total. The summed E-state index contributed by atoms with van der Waals surface area (Å²) in [4.78, 5) is 27.5. The fourth-order valence-corrected chi connectivity index (χ4v) is 3.00. The van der Waals surface area contributed by atoms with Gasteiger partial charge in [0.2, 0.25) is 0 Å². The van der Waals surface area contributed by atoms with E-state index in [1.165, 1.54) is 23.9 Å². The maximum Gasteiger partial charge on any atom is 0.335 e. The number of carbonyl (C=O) groups excluding carboxylic acids is 1. The standard InChI is InChI=1S/C15H14N2O3S/c1-8-7-9(2)17-14(12(8)13(16)18)21-11-5-3-10(4-6-11)15(19)20/h3-7H,1-2H3,(H2,16,18)(H,19,20). The Kier molecular flexibility index (Phi) is 4.28. The van der Waals surface area contributed by atoms with Crippen LogP contribution in [0.15, 0.2) is 40.3 Å². The Morgan fingerprint density at radius 3 is 2.33 bits per heavy atom. The Balaban J connectivity index is 2.39. The number of benzene rings is 1. The van der Waals surface area contributed by atoms with Crippen molar-refractivity contribution in [3.8, 4) is 0 Å². The van der Waals surface area contributed by atoms with Crippen LogP contribution in [0.2, 0.25) is 0 Å². The number of carboxylic acids is 1. The van der Waals surface area contributed by atoms with Crippen molar-refractivity contribution in [2.75, 3.05) is 0 Å². The molecule has 6 heteroatoms. The average molecular weight is 302 g/mol. The van der Waals surface area contributed by atoms with Crippen molar-refractivity contribution in [3.63, 3.8) is 0 Å². The number of aromatic nitrogens is 1. The second-order valence-corrected chi connectivity index (χ2v) is 5.62. The number of hydrogen-bond donors (Lipinski definition) is 2. The second-order valence-electron chi connectivity index (χ2n) is 4.56. The molecule has 0 radical (unpaired) electrons. The third kappa shape index (κ3) is 3.41. The monoisotopic (exact) mass is 302 g/mol. The number of carbonyl (C=O) groups is 2. The molecular formula is C15H14N2O3S. The maximum atomic E-state index is 11.6. The van der Waals surface area contributed by atoms with Gasteiger partial charge in [0.1, 0.15) is 5.03 Å². The van der Waals surface area contributed by atoms with Crippen molar-refractivity contribution in [1.82, 2.24) is 4.98 Å². The highest BCUT2D eigenvalue weighted by Gasteiger charge is 2.15. The van der Waals surface area contributed by atoms with Gasteiger partial charge in [-0.1, -0.05) is 11.8 Å². The maximum absolute atomic E-state index is 11.6. The summed E-state index contributed by atoms with van der Waals surface area (Å²) >= 11 is 1.29. The highest BCUT2D eigenvalue weighted by Crippen LogP contribution is 2.30. The van der Waals surface area contributed by atoms with E-state index in [0.717, 1.165) is 16.2 Å². The summed E-state index contributed by atoms with van der Waals surface area (Å²) in [6.45, 7) is 3.65. The zero-order valence-corrected chi connectivity index (χ0v) is 12.4. The molecule has 0 saturated carbocycles. The van der Waals surface area contributed by atoms with Crippen LogP contribution in [0.4, 0.5) is 0 Å². The molecule has 0 fully saturated rings. The molecule has 108 valence electrons. The first-order valence-corrected chi connectivity index (χ1v) is 6.99. The van der Waals surface area contributed by atoms with Gasteiger partial charge in [0, 0.05) is 10.6 Å². The number of aromatic carboxylic acids is 1. The number of nitrogens with two attached hydrogens (primary N) is 1. The lowest BCUT2D eigenvalue weighted by atomic mass is 10.1. The van der Waals surface area contributed by atoms with E-state index in [-0.39, 0.29) is 5.56 Å². The van der Waals surface area contributed by atoms with Crippen molar-refractivity contribution >= 4 is 23.6 Å². The Morgan fingerprint density at radius 1 is 1.19 bits per heavy atom. The Morgan fingerprint density at radius 2 is 1.81 bits per heavy atom. The number of carboxylic acid groups (broad SMARTS) is 1. The summed E-state index contributed by atoms with van der Waals surface area (Å²) in [7, 11) is 0. The normalized spacial score (nSPS) is 10.4. The number of rotatable bonds is 4. The molecule has 1 aromatic carbocycles. The predicted molar refractivity (Wildman–Crippen MR) is 79.8 cm³/mol. The van der Waals surface area contributed by atoms with Crippen LogP contribution in [0, 0.1) is 13.8 Å². The minimum atomic E-state index is -0.978. The van der Waals surface area contributed by atoms with Crippen molar-refractivity contribution < 1.29 is 14.7 Å². The average Bonchev–Trinajstić information content (AvgIpc) is 2.37. The highest BCUT2D eigenvalue weighted by atomic mass is 32.2. The van der Waals surface area contributed by atoms with Gasteiger partial charge < -0.3 is 10.8 Å². The minimum Gasteiger partial charge on any atom is -0.478 e. The van der Waals surface area contributed by atoms with Crippen LogP contribution in [0.1, 0.15) is 32.0 Å². The number of amides is 1. The number of primary amides is 1. The lowest BCUT2D eigenvalue weighted by molar-refractivity contribution is 0.0696. The lowest BCUT2D eigenvalue weighted by Gasteiger charge is -2.10. The van der Waals surface area contributed by atoms with Gasteiger partial charge in [0.15, 0.2) is 0 Å². The molecular weight excluding hydrogens is 288 g/mol. The molecule has 2 rings (SSSR count). The van der Waals surface area contributed by atoms with E-state index in [0.29, 0.717) is 10.6 Å². The molecule has 0 atom stereocenters. The lowest BCUT2D eigenvalue weighted by Crippen LogP contribution is -2.15. The molecule has 1 heterocycles. The molecule has 0 aliphatic rings. The molecule has 0 bridgehead atoms. The van der Waals surface area contributed by atoms with Gasteiger partial charge in [-0.3, -0.25) is 4.79 Å². The smallest absolute Gasteiger partial charge is 0.335 e. The SMILES string of the molecule is Cc1cc(C)c(C(N)=O)c(Sc2ccc(C(=O)O)cc2)n1. The number of hydrogen-bond acceptors (Lipinski definition) is 4. The summed E-state index contributed by atoms with van der Waals surface area (Å²) in [6, 6.07) is 8.18. The summed E-state index contributed by atoms with van der Waals surface area (Å²) < 4.78 is 0. The van der Waals surface area contributed by atoms with Crippen LogP contribution in [-0.4, -0.2) is 22.0 Å². The first-order chi connectivity index (χ1) is 9.88. The van der Waals surface area contributed by atoms with Crippen LogP contribution in [0.25, 0.3) is 0 Å². The molecule has 0 saturated heterocycles. The summed E-state index contributed by atoms with van der Waals surface area (Å²) in [6.07, 6.45) is 0. The molecule has 1 aromatic heterocycles. The summed E-state index contributed by atoms with van der Waals surface area (Å²) in [5.41, 5.74) is 7.59. The van der Waals surface area contributed by atoms with E-state index in [1.54, 1.807) is 18.2 Å². The zero-order chi connectivity index (χ0) is 15.6. The Labute approximate surface area is 126 Å². The third-order valence-corrected chi connectivity index (χ3v) is 3.87. The van der Waals surface area contributed by atoms with Crippen LogP contribution in [0.3, 0.4) is 0 Å². The third-order valence-electron chi connectivity index (χ3n) is 2.87. The summed E-state index contributed by atoms with van der Waals surface area (Å²) in [5.74, 6) is -1.50. The van der Waals surface area contributed by atoms with Gasteiger partial charge in [-0.25, -0.2) is 9.78 Å². The quantitative estimate of drug-likeness (QED) is 0.905. The molecule has 0 spiro atoms. The largest absolute Gasteiger partial charge is 0.478 e. The van der Waals surface area contributed by atoms with Crippen LogP contribution < -0.4 is 5.73 Å². The van der Waals surface area contributed by atoms with Crippen molar-refractivity contribution in [2.45, 2.75) is 23.8 Å². The topological polar surface area (TPSA) is 93.3 Å². The predicted octanol–water partition coefficient (Wildman–Crippen LogP) is 2.65. The van der Waals surface area contributed by atoms with E-state index < -0.39 is 11.9 Å². The molecule has 0 aliphatic carbocycles. The molecule has 2 aromatic rings. The molecule has 21 heavy (non-hydrogen) atoms. The van der Waals surface area contributed by atoms with Crippen molar-refractivity contribution in [1.29, 1.82) is 0 Å². The first-order valence-electron chi connectivity index (χ1n) is 6.17. The number of nitrogens with zero attached hydrogens (tertiary/aromatic N) is 1. The van der Waals surface area contributed by atoms with Crippen LogP contribution in [0.5, 0.6) is 0 Å². The molecule has 1 amide bonds. The van der Waals surface area contributed by atoms with Gasteiger partial charge >= 0.3 is 5.97 Å². The van der Waals surface area contributed by atoms with Crippen molar-refractivity contribution in [3.05, 3.63) is 52.7 Å². The number of aryl methyl sites for hydroxylation is 2. The van der Waals surface area contributed by atoms with Gasteiger partial charge in [-0.2, -0.15) is 0 Å². The van der Waals surface area contributed by atoms with E-state index in [1.807, 2.05) is 13.8 Å². The van der Waals surface area contributed by atoms with Crippen LogP contribution >= 0.6 is 11.8 Å². The number of pyridine rings is 1. The van der Waals surface area contributed by atoms with Gasteiger partial charge in [-0.15, -0.1) is 0 Å². The Bertz CT molecular complexity index is 712. The summed E-state index contributed by atoms with van der Waals surface area (Å²) in [5, 5.41) is 9.41. The highest BCUT2D eigenvalue weighted by molar-refractivity contribution is 7.99. The molecule has 0 aliphatic heterocycles. The Hall–Kier alpha value is -2.34.